The van der Waals surface area contributed by atoms with Crippen LogP contribution in [-0.2, 0) is 11.3 Å². The van der Waals surface area contributed by atoms with E-state index >= 15 is 0 Å². The predicted octanol–water partition coefficient (Wildman–Crippen LogP) is 2.17. The quantitative estimate of drug-likeness (QED) is 0.792. The maximum Gasteiger partial charge on any atom is 0.220 e. The third-order valence-electron chi connectivity index (χ3n) is 2.74. The average molecular weight is 234 g/mol. The highest BCUT2D eigenvalue weighted by Crippen LogP contribution is 2.14. The van der Waals surface area contributed by atoms with Crippen LogP contribution in [-0.4, -0.2) is 12.5 Å². The molecule has 94 valence electrons. The third kappa shape index (κ3) is 5.00. The number of hydrogen-bond donors (Lipinski definition) is 2. The number of nitrogens with one attached hydrogen (secondary N) is 1. The molecule has 1 aromatic carbocycles. The molecule has 0 spiro atoms. The number of carbonyl (C=O) groups is 1. The van der Waals surface area contributed by atoms with Crippen molar-refractivity contribution in [1.82, 2.24) is 5.32 Å². The first-order chi connectivity index (χ1) is 8.13. The summed E-state index contributed by atoms with van der Waals surface area (Å²) in [5.74, 6) is 0.617. The van der Waals surface area contributed by atoms with E-state index in [4.69, 9.17) is 5.73 Å². The minimum Gasteiger partial charge on any atom is -0.352 e. The molecule has 0 atom stereocenters. The lowest BCUT2D eigenvalue weighted by Crippen LogP contribution is -2.23. The van der Waals surface area contributed by atoms with Crippen molar-refractivity contribution in [2.45, 2.75) is 39.2 Å². The Morgan fingerprint density at radius 2 is 1.94 bits per heavy atom. The highest BCUT2D eigenvalue weighted by atomic mass is 16.1. The number of amides is 1. The Morgan fingerprint density at radius 1 is 1.29 bits per heavy atom. The van der Waals surface area contributed by atoms with Crippen LogP contribution in [0.4, 0.5) is 0 Å². The van der Waals surface area contributed by atoms with E-state index in [0.29, 0.717) is 25.4 Å². The van der Waals surface area contributed by atoms with Crippen LogP contribution in [0, 0.1) is 0 Å². The molecular formula is C14H22N2O. The summed E-state index contributed by atoms with van der Waals surface area (Å²) >= 11 is 0. The van der Waals surface area contributed by atoms with Crippen molar-refractivity contribution in [3.63, 3.8) is 0 Å². The molecule has 1 amide bonds. The summed E-state index contributed by atoms with van der Waals surface area (Å²) in [5, 5.41) is 2.89. The molecule has 3 N–H and O–H groups in total. The fourth-order valence-corrected chi connectivity index (χ4v) is 1.57. The minimum absolute atomic E-state index is 0.0726. The Balaban J connectivity index is 2.39. The number of nitrogens with two attached hydrogens (primary N) is 1. The average Bonchev–Trinajstić information content (AvgIpc) is 2.34. The second-order valence-electron chi connectivity index (χ2n) is 4.57. The molecule has 17 heavy (non-hydrogen) atoms. The van der Waals surface area contributed by atoms with Crippen molar-refractivity contribution < 1.29 is 4.79 Å². The van der Waals surface area contributed by atoms with Crippen LogP contribution >= 0.6 is 0 Å². The van der Waals surface area contributed by atoms with Crippen LogP contribution in [0.1, 0.15) is 43.7 Å². The molecule has 0 unspecified atom stereocenters. The second-order valence-corrected chi connectivity index (χ2v) is 4.57. The van der Waals surface area contributed by atoms with Gasteiger partial charge in [0.05, 0.1) is 0 Å². The molecular weight excluding hydrogens is 212 g/mol. The number of rotatable bonds is 6. The summed E-state index contributed by atoms with van der Waals surface area (Å²) in [6, 6.07) is 8.37. The summed E-state index contributed by atoms with van der Waals surface area (Å²) in [5.41, 5.74) is 7.81. The van der Waals surface area contributed by atoms with Crippen LogP contribution in [0.2, 0.25) is 0 Å². The van der Waals surface area contributed by atoms with Crippen molar-refractivity contribution in [3.8, 4) is 0 Å². The largest absolute Gasteiger partial charge is 0.352 e. The van der Waals surface area contributed by atoms with Gasteiger partial charge in [-0.25, -0.2) is 0 Å². The number of hydrogen-bond acceptors (Lipinski definition) is 2. The molecule has 1 aromatic rings. The number of benzene rings is 1. The second kappa shape index (κ2) is 7.07. The molecule has 0 saturated heterocycles. The van der Waals surface area contributed by atoms with E-state index in [1.807, 2.05) is 0 Å². The van der Waals surface area contributed by atoms with Gasteiger partial charge in [0, 0.05) is 13.0 Å². The summed E-state index contributed by atoms with van der Waals surface area (Å²) in [4.78, 5) is 11.4. The number of carbonyl (C=O) groups excluding carboxylic acids is 1. The third-order valence-corrected chi connectivity index (χ3v) is 2.74. The standard InChI is InChI=1S/C14H22N2O/c1-11(2)13-7-5-12(6-8-13)10-16-14(17)4-3-9-15/h5-8,11H,3-4,9-10,15H2,1-2H3,(H,16,17). The van der Waals surface area contributed by atoms with Gasteiger partial charge in [0.15, 0.2) is 0 Å². The molecule has 1 rings (SSSR count). The predicted molar refractivity (Wildman–Crippen MR) is 70.7 cm³/mol. The molecule has 0 aliphatic heterocycles. The first-order valence-electron chi connectivity index (χ1n) is 6.19. The van der Waals surface area contributed by atoms with E-state index in [1.54, 1.807) is 0 Å². The van der Waals surface area contributed by atoms with E-state index in [9.17, 15) is 4.79 Å². The Morgan fingerprint density at radius 3 is 2.47 bits per heavy atom. The molecule has 0 fully saturated rings. The maximum absolute atomic E-state index is 11.4. The zero-order chi connectivity index (χ0) is 12.7. The monoisotopic (exact) mass is 234 g/mol. The molecule has 0 heterocycles. The van der Waals surface area contributed by atoms with Gasteiger partial charge in [0.1, 0.15) is 0 Å². The SMILES string of the molecule is CC(C)c1ccc(CNC(=O)CCCN)cc1. The molecule has 0 radical (unpaired) electrons. The van der Waals surface area contributed by atoms with Gasteiger partial charge in [-0.15, -0.1) is 0 Å². The minimum atomic E-state index is 0.0726. The Kier molecular flexibility index (Phi) is 5.70. The maximum atomic E-state index is 11.4. The highest BCUT2D eigenvalue weighted by Gasteiger charge is 2.01. The molecule has 0 aliphatic rings. The van der Waals surface area contributed by atoms with Crippen molar-refractivity contribution in [2.24, 2.45) is 5.73 Å². The Labute approximate surface area is 103 Å². The molecule has 0 aliphatic carbocycles. The highest BCUT2D eigenvalue weighted by molar-refractivity contribution is 5.75. The van der Waals surface area contributed by atoms with Gasteiger partial charge >= 0.3 is 0 Å². The van der Waals surface area contributed by atoms with Crippen molar-refractivity contribution in [3.05, 3.63) is 35.4 Å². The normalized spacial score (nSPS) is 10.6. The topological polar surface area (TPSA) is 55.1 Å². The van der Waals surface area contributed by atoms with Crippen molar-refractivity contribution >= 4 is 5.91 Å². The summed E-state index contributed by atoms with van der Waals surface area (Å²) in [6.45, 7) is 5.51. The zero-order valence-electron chi connectivity index (χ0n) is 10.7. The lowest BCUT2D eigenvalue weighted by Gasteiger charge is -2.08. The Bertz CT molecular complexity index is 344. The van der Waals surface area contributed by atoms with E-state index in [2.05, 4.69) is 43.4 Å². The lowest BCUT2D eigenvalue weighted by molar-refractivity contribution is -0.121. The molecule has 3 nitrogen and oxygen atoms in total. The zero-order valence-corrected chi connectivity index (χ0v) is 10.7. The first-order valence-corrected chi connectivity index (χ1v) is 6.19. The van der Waals surface area contributed by atoms with Crippen molar-refractivity contribution in [2.75, 3.05) is 6.54 Å². The lowest BCUT2D eigenvalue weighted by atomic mass is 10.0. The van der Waals surface area contributed by atoms with Gasteiger partial charge in [-0.05, 0) is 30.0 Å². The van der Waals surface area contributed by atoms with Crippen LogP contribution in [0.5, 0.6) is 0 Å². The van der Waals surface area contributed by atoms with Crippen LogP contribution in [0.15, 0.2) is 24.3 Å². The van der Waals surface area contributed by atoms with Gasteiger partial charge < -0.3 is 11.1 Å². The van der Waals surface area contributed by atoms with E-state index in [0.717, 1.165) is 12.0 Å². The molecule has 3 heteroatoms. The van der Waals surface area contributed by atoms with Gasteiger partial charge in [-0.1, -0.05) is 38.1 Å². The summed E-state index contributed by atoms with van der Waals surface area (Å²) in [7, 11) is 0. The van der Waals surface area contributed by atoms with Gasteiger partial charge in [-0.3, -0.25) is 4.79 Å². The smallest absolute Gasteiger partial charge is 0.220 e. The van der Waals surface area contributed by atoms with Crippen LogP contribution in [0.25, 0.3) is 0 Å². The van der Waals surface area contributed by atoms with Gasteiger partial charge in [-0.2, -0.15) is 0 Å². The summed E-state index contributed by atoms with van der Waals surface area (Å²) in [6.07, 6.45) is 1.26. The van der Waals surface area contributed by atoms with Crippen molar-refractivity contribution in [1.29, 1.82) is 0 Å². The van der Waals surface area contributed by atoms with Gasteiger partial charge in [0.2, 0.25) is 5.91 Å². The Hall–Kier alpha value is -1.35. The van der Waals surface area contributed by atoms with Crippen LogP contribution in [0.3, 0.4) is 0 Å². The van der Waals surface area contributed by atoms with E-state index in [1.165, 1.54) is 5.56 Å². The molecule has 0 saturated carbocycles. The van der Waals surface area contributed by atoms with E-state index in [-0.39, 0.29) is 5.91 Å². The summed E-state index contributed by atoms with van der Waals surface area (Å²) < 4.78 is 0. The fourth-order valence-electron chi connectivity index (χ4n) is 1.57. The molecule has 0 aromatic heterocycles. The van der Waals surface area contributed by atoms with E-state index < -0.39 is 0 Å². The molecule has 0 bridgehead atoms. The van der Waals surface area contributed by atoms with Crippen LogP contribution < -0.4 is 11.1 Å². The fraction of sp³-hybridized carbons (Fsp3) is 0.500. The van der Waals surface area contributed by atoms with Gasteiger partial charge in [0.25, 0.3) is 0 Å². The first kappa shape index (κ1) is 13.7.